The van der Waals surface area contributed by atoms with Crippen LogP contribution in [0.15, 0.2) is 12.1 Å². The lowest BCUT2D eigenvalue weighted by molar-refractivity contribution is -0.138. The van der Waals surface area contributed by atoms with Crippen LogP contribution in [0.4, 0.5) is 4.39 Å². The van der Waals surface area contributed by atoms with E-state index in [0.29, 0.717) is 5.56 Å². The number of methoxy groups -OCH3 is 1. The highest BCUT2D eigenvalue weighted by atomic mass is 35.5. The third kappa shape index (κ3) is 2.62. The Labute approximate surface area is 96.8 Å². The Bertz CT molecular complexity index is 411. The number of rotatable bonds is 4. The van der Waals surface area contributed by atoms with E-state index in [4.69, 9.17) is 27.2 Å². The fourth-order valence-electron chi connectivity index (χ4n) is 1.28. The number of nitrogens with two attached hydrogens (primary N) is 1. The molecule has 3 N–H and O–H groups in total. The van der Waals surface area contributed by atoms with Crippen LogP contribution in [-0.4, -0.2) is 24.2 Å². The Kier molecular flexibility index (Phi) is 4.09. The highest BCUT2D eigenvalue weighted by Gasteiger charge is 2.18. The minimum atomic E-state index is -1.16. The normalized spacial score (nSPS) is 12.2. The maximum absolute atomic E-state index is 13.5. The molecule has 6 heteroatoms. The molecule has 4 nitrogen and oxygen atoms in total. The Morgan fingerprint density at radius 1 is 1.69 bits per heavy atom. The molecule has 1 rings (SSSR count). The van der Waals surface area contributed by atoms with Gasteiger partial charge in [-0.05, 0) is 11.6 Å². The summed E-state index contributed by atoms with van der Waals surface area (Å²) in [6, 6.07) is 1.73. The zero-order chi connectivity index (χ0) is 12.3. The van der Waals surface area contributed by atoms with E-state index in [1.807, 2.05) is 0 Å². The molecule has 1 atom stereocenters. The van der Waals surface area contributed by atoms with Crippen LogP contribution in [0.5, 0.6) is 5.75 Å². The van der Waals surface area contributed by atoms with Crippen molar-refractivity contribution in [1.29, 1.82) is 0 Å². The van der Waals surface area contributed by atoms with E-state index in [1.165, 1.54) is 19.2 Å². The first-order valence-corrected chi connectivity index (χ1v) is 4.84. The summed E-state index contributed by atoms with van der Waals surface area (Å²) in [6.45, 7) is 0. The number of carboxylic acids is 1. The monoisotopic (exact) mass is 247 g/mol. The van der Waals surface area contributed by atoms with E-state index in [9.17, 15) is 9.18 Å². The SMILES string of the molecule is COc1c(CC(N)C(=O)O)ccc(Cl)c1F. The number of halogens is 2. The van der Waals surface area contributed by atoms with Crippen molar-refractivity contribution >= 4 is 17.6 Å². The molecule has 0 bridgehead atoms. The lowest BCUT2D eigenvalue weighted by atomic mass is 10.1. The fourth-order valence-corrected chi connectivity index (χ4v) is 1.43. The molecular weight excluding hydrogens is 237 g/mol. The van der Waals surface area contributed by atoms with Gasteiger partial charge in [0.25, 0.3) is 0 Å². The van der Waals surface area contributed by atoms with E-state index in [-0.39, 0.29) is 17.2 Å². The first kappa shape index (κ1) is 12.7. The molecule has 1 aromatic carbocycles. The molecule has 0 fully saturated rings. The Morgan fingerprint density at radius 2 is 2.31 bits per heavy atom. The topological polar surface area (TPSA) is 72.5 Å². The molecule has 0 saturated carbocycles. The first-order chi connectivity index (χ1) is 7.47. The van der Waals surface area contributed by atoms with Crippen molar-refractivity contribution in [3.8, 4) is 5.75 Å². The Balaban J connectivity index is 3.05. The van der Waals surface area contributed by atoms with Crippen molar-refractivity contribution in [2.75, 3.05) is 7.11 Å². The van der Waals surface area contributed by atoms with Crippen molar-refractivity contribution in [2.45, 2.75) is 12.5 Å². The van der Waals surface area contributed by atoms with Crippen molar-refractivity contribution in [3.05, 3.63) is 28.5 Å². The van der Waals surface area contributed by atoms with Gasteiger partial charge >= 0.3 is 5.97 Å². The van der Waals surface area contributed by atoms with E-state index < -0.39 is 17.8 Å². The molecule has 1 unspecified atom stereocenters. The molecule has 0 aliphatic carbocycles. The summed E-state index contributed by atoms with van der Waals surface area (Å²) in [5.74, 6) is -1.93. The maximum Gasteiger partial charge on any atom is 0.320 e. The van der Waals surface area contributed by atoms with Crippen molar-refractivity contribution in [1.82, 2.24) is 0 Å². The number of aliphatic carboxylic acids is 1. The van der Waals surface area contributed by atoms with E-state index in [1.54, 1.807) is 0 Å². The Hall–Kier alpha value is -1.33. The lowest BCUT2D eigenvalue weighted by Crippen LogP contribution is -2.32. The second-order valence-electron chi connectivity index (χ2n) is 3.20. The number of hydrogen-bond acceptors (Lipinski definition) is 3. The van der Waals surface area contributed by atoms with Gasteiger partial charge in [0.05, 0.1) is 12.1 Å². The number of carboxylic acid groups (broad SMARTS) is 1. The molecule has 1 aromatic rings. The van der Waals surface area contributed by atoms with Gasteiger partial charge in [0.15, 0.2) is 11.6 Å². The molecule has 0 saturated heterocycles. The van der Waals surface area contributed by atoms with Crippen molar-refractivity contribution < 1.29 is 19.0 Å². The summed E-state index contributed by atoms with van der Waals surface area (Å²) in [7, 11) is 1.28. The zero-order valence-electron chi connectivity index (χ0n) is 8.54. The maximum atomic E-state index is 13.5. The zero-order valence-corrected chi connectivity index (χ0v) is 9.29. The molecule has 0 amide bonds. The molecular formula is C10H11ClFNO3. The van der Waals surface area contributed by atoms with Crippen LogP contribution >= 0.6 is 11.6 Å². The number of hydrogen-bond donors (Lipinski definition) is 2. The van der Waals surface area contributed by atoms with Gasteiger partial charge in [-0.25, -0.2) is 4.39 Å². The molecule has 0 aliphatic rings. The molecule has 16 heavy (non-hydrogen) atoms. The van der Waals surface area contributed by atoms with Gasteiger partial charge in [-0.1, -0.05) is 17.7 Å². The highest BCUT2D eigenvalue weighted by Crippen LogP contribution is 2.29. The average molecular weight is 248 g/mol. The second-order valence-corrected chi connectivity index (χ2v) is 3.61. The van der Waals surface area contributed by atoms with Gasteiger partial charge in [-0.15, -0.1) is 0 Å². The molecule has 0 spiro atoms. The summed E-state index contributed by atoms with van der Waals surface area (Å²) in [5.41, 5.74) is 5.72. The third-order valence-corrected chi connectivity index (χ3v) is 2.38. The van der Waals surface area contributed by atoms with Crippen LogP contribution in [0.1, 0.15) is 5.56 Å². The van der Waals surface area contributed by atoms with Gasteiger partial charge in [0.2, 0.25) is 0 Å². The molecule has 0 aliphatic heterocycles. The number of ether oxygens (including phenoxy) is 1. The largest absolute Gasteiger partial charge is 0.493 e. The predicted molar refractivity (Wildman–Crippen MR) is 57.3 cm³/mol. The van der Waals surface area contributed by atoms with Crippen LogP contribution < -0.4 is 10.5 Å². The highest BCUT2D eigenvalue weighted by molar-refractivity contribution is 6.30. The van der Waals surface area contributed by atoms with Gasteiger partial charge in [-0.3, -0.25) is 4.79 Å². The van der Waals surface area contributed by atoms with E-state index in [2.05, 4.69) is 0 Å². The van der Waals surface area contributed by atoms with E-state index >= 15 is 0 Å². The quantitative estimate of drug-likeness (QED) is 0.845. The summed E-state index contributed by atoms with van der Waals surface area (Å²) in [4.78, 5) is 10.6. The van der Waals surface area contributed by atoms with Crippen LogP contribution in [0.3, 0.4) is 0 Å². The molecule has 0 aromatic heterocycles. The lowest BCUT2D eigenvalue weighted by Gasteiger charge is -2.12. The van der Waals surface area contributed by atoms with Gasteiger partial charge in [0.1, 0.15) is 6.04 Å². The summed E-state index contributed by atoms with van der Waals surface area (Å²) >= 11 is 5.56. The smallest absolute Gasteiger partial charge is 0.320 e. The van der Waals surface area contributed by atoms with Gasteiger partial charge in [-0.2, -0.15) is 0 Å². The number of benzene rings is 1. The number of carbonyl (C=O) groups is 1. The summed E-state index contributed by atoms with van der Waals surface area (Å²) in [5, 5.41) is 8.57. The van der Waals surface area contributed by atoms with Crippen LogP contribution in [0, 0.1) is 5.82 Å². The minimum Gasteiger partial charge on any atom is -0.493 e. The van der Waals surface area contributed by atoms with Gasteiger partial charge < -0.3 is 15.6 Å². The summed E-state index contributed by atoms with van der Waals surface area (Å²) in [6.07, 6.45) is -0.0212. The standard InChI is InChI=1S/C10H11ClFNO3/c1-16-9-5(4-7(13)10(14)15)2-3-6(11)8(9)12/h2-3,7H,4,13H2,1H3,(H,14,15). The van der Waals surface area contributed by atoms with E-state index in [0.717, 1.165) is 0 Å². The molecule has 0 radical (unpaired) electrons. The first-order valence-electron chi connectivity index (χ1n) is 4.46. The molecule has 88 valence electrons. The van der Waals surface area contributed by atoms with Crippen molar-refractivity contribution in [3.63, 3.8) is 0 Å². The predicted octanol–water partition coefficient (Wildman–Crippen LogP) is 1.44. The van der Waals surface area contributed by atoms with Crippen molar-refractivity contribution in [2.24, 2.45) is 5.73 Å². The average Bonchev–Trinajstić information content (AvgIpc) is 2.23. The minimum absolute atomic E-state index is 0.0212. The van der Waals surface area contributed by atoms with Crippen LogP contribution in [-0.2, 0) is 11.2 Å². The third-order valence-electron chi connectivity index (χ3n) is 2.09. The van der Waals surface area contributed by atoms with Crippen LogP contribution in [0.2, 0.25) is 5.02 Å². The van der Waals surface area contributed by atoms with Crippen LogP contribution in [0.25, 0.3) is 0 Å². The fraction of sp³-hybridized carbons (Fsp3) is 0.300. The second kappa shape index (κ2) is 5.14. The summed E-state index contributed by atoms with van der Waals surface area (Å²) < 4.78 is 18.3. The molecule has 0 heterocycles. The Morgan fingerprint density at radius 3 is 2.81 bits per heavy atom. The van der Waals surface area contributed by atoms with Gasteiger partial charge in [0, 0.05) is 6.42 Å².